The van der Waals surface area contributed by atoms with Crippen LogP contribution in [0.4, 0.5) is 5.82 Å². The van der Waals surface area contributed by atoms with Crippen LogP contribution in [-0.4, -0.2) is 28.9 Å². The van der Waals surface area contributed by atoms with E-state index in [0.717, 1.165) is 24.1 Å². The normalized spacial score (nSPS) is 11.0. The van der Waals surface area contributed by atoms with Gasteiger partial charge < -0.3 is 5.32 Å². The summed E-state index contributed by atoms with van der Waals surface area (Å²) in [5, 5.41) is 2.97. The average Bonchev–Trinajstić information content (AvgIpc) is 2.63. The van der Waals surface area contributed by atoms with Crippen molar-refractivity contribution in [1.82, 2.24) is 9.88 Å². The number of anilines is 1. The molecule has 1 aromatic carbocycles. The fraction of sp³-hybridized carbons (Fsp3) is 0.391. The number of carbonyl (C=O) groups is 1. The van der Waals surface area contributed by atoms with Crippen molar-refractivity contribution in [1.29, 1.82) is 0 Å². The third-order valence-corrected chi connectivity index (χ3v) is 4.05. The fourth-order valence-corrected chi connectivity index (χ4v) is 2.52. The Balaban J connectivity index is 2.10. The third-order valence-electron chi connectivity index (χ3n) is 4.05. The van der Waals surface area contributed by atoms with E-state index in [-0.39, 0.29) is 5.91 Å². The van der Waals surface area contributed by atoms with Crippen molar-refractivity contribution in [2.24, 2.45) is 5.41 Å². The Hall–Kier alpha value is -2.64. The zero-order valence-electron chi connectivity index (χ0n) is 16.7. The van der Waals surface area contributed by atoms with Gasteiger partial charge >= 0.3 is 0 Å². The number of nitrogens with one attached hydrogen (secondary N) is 1. The van der Waals surface area contributed by atoms with Gasteiger partial charge in [-0.05, 0) is 31.2 Å². The Morgan fingerprint density at radius 3 is 2.56 bits per heavy atom. The molecule has 1 amide bonds. The lowest BCUT2D eigenvalue weighted by molar-refractivity contribution is -0.123. The lowest BCUT2D eigenvalue weighted by atomic mass is 9.95. The van der Waals surface area contributed by atoms with Crippen molar-refractivity contribution < 1.29 is 4.79 Å². The molecule has 0 saturated carbocycles. The Morgan fingerprint density at radius 1 is 1.15 bits per heavy atom. The van der Waals surface area contributed by atoms with Crippen LogP contribution in [0.5, 0.6) is 0 Å². The van der Waals surface area contributed by atoms with E-state index in [1.165, 1.54) is 0 Å². The highest BCUT2D eigenvalue weighted by atomic mass is 16.2. The Bertz CT molecular complexity index is 798. The molecule has 1 heterocycles. The van der Waals surface area contributed by atoms with Crippen molar-refractivity contribution in [2.45, 2.75) is 40.7 Å². The predicted octanol–water partition coefficient (Wildman–Crippen LogP) is 4.33. The second-order valence-electron chi connectivity index (χ2n) is 7.59. The van der Waals surface area contributed by atoms with E-state index in [1.54, 1.807) is 6.20 Å². The molecule has 0 bridgehead atoms. The first-order chi connectivity index (χ1) is 12.9. The maximum atomic E-state index is 12.3. The van der Waals surface area contributed by atoms with Crippen LogP contribution >= 0.6 is 0 Å². The lowest BCUT2D eigenvalue weighted by Crippen LogP contribution is -2.30. The number of carbonyl (C=O) groups excluding carboxylic acids is 1. The lowest BCUT2D eigenvalue weighted by Gasteiger charge is -2.22. The largest absolute Gasteiger partial charge is 0.310 e. The third kappa shape index (κ3) is 6.88. The van der Waals surface area contributed by atoms with Gasteiger partial charge in [-0.2, -0.15) is 0 Å². The predicted molar refractivity (Wildman–Crippen MR) is 111 cm³/mol. The molecule has 27 heavy (non-hydrogen) atoms. The highest BCUT2D eigenvalue weighted by molar-refractivity contribution is 5.94. The molecule has 2 rings (SSSR count). The molecule has 0 atom stereocenters. The summed E-state index contributed by atoms with van der Waals surface area (Å²) in [5.41, 5.74) is 1.57. The first-order valence-corrected chi connectivity index (χ1v) is 9.41. The molecular weight excluding hydrogens is 334 g/mol. The van der Waals surface area contributed by atoms with Crippen molar-refractivity contribution in [3.8, 4) is 11.8 Å². The van der Waals surface area contributed by atoms with Crippen LogP contribution < -0.4 is 5.32 Å². The molecular formula is C23H29N3O. The molecule has 0 radical (unpaired) electrons. The number of pyridine rings is 1. The maximum Gasteiger partial charge on any atom is 0.230 e. The topological polar surface area (TPSA) is 45.2 Å². The molecule has 0 unspecified atom stereocenters. The molecule has 142 valence electrons. The van der Waals surface area contributed by atoms with Crippen molar-refractivity contribution in [2.75, 3.05) is 18.4 Å². The fourth-order valence-electron chi connectivity index (χ4n) is 2.52. The number of nitrogens with zero attached hydrogens (tertiary/aromatic N) is 2. The number of benzene rings is 1. The minimum atomic E-state index is -0.459. The zero-order valence-corrected chi connectivity index (χ0v) is 16.7. The Labute approximate surface area is 163 Å². The molecule has 0 aliphatic rings. The molecule has 1 N–H and O–H groups in total. The molecule has 0 aliphatic heterocycles. The second-order valence-corrected chi connectivity index (χ2v) is 7.59. The Morgan fingerprint density at radius 2 is 1.89 bits per heavy atom. The smallest absolute Gasteiger partial charge is 0.230 e. The summed E-state index contributed by atoms with van der Waals surface area (Å²) >= 11 is 0. The number of aromatic nitrogens is 1. The van der Waals surface area contributed by atoms with Crippen LogP contribution in [0.3, 0.4) is 0 Å². The molecule has 2 aromatic rings. The molecule has 0 fully saturated rings. The van der Waals surface area contributed by atoms with Gasteiger partial charge in [0.05, 0.1) is 6.54 Å². The summed E-state index contributed by atoms with van der Waals surface area (Å²) < 4.78 is 0. The van der Waals surface area contributed by atoms with E-state index in [0.29, 0.717) is 18.9 Å². The molecule has 1 aromatic heterocycles. The summed E-state index contributed by atoms with van der Waals surface area (Å²) in [6, 6.07) is 13.9. The van der Waals surface area contributed by atoms with E-state index in [4.69, 9.17) is 0 Å². The van der Waals surface area contributed by atoms with E-state index in [2.05, 4.69) is 34.0 Å². The minimum Gasteiger partial charge on any atom is -0.310 e. The van der Waals surface area contributed by atoms with Gasteiger partial charge in [-0.3, -0.25) is 9.69 Å². The summed E-state index contributed by atoms with van der Waals surface area (Å²) in [6.45, 7) is 10.2. The second kappa shape index (κ2) is 9.89. The quantitative estimate of drug-likeness (QED) is 0.777. The summed E-state index contributed by atoms with van der Waals surface area (Å²) in [7, 11) is 0. The first kappa shape index (κ1) is 20.7. The van der Waals surface area contributed by atoms with Gasteiger partial charge in [-0.25, -0.2) is 4.98 Å². The van der Waals surface area contributed by atoms with Crippen LogP contribution in [0.15, 0.2) is 48.7 Å². The van der Waals surface area contributed by atoms with Gasteiger partial charge in [0.15, 0.2) is 0 Å². The van der Waals surface area contributed by atoms with Crippen LogP contribution in [0.1, 0.15) is 45.2 Å². The van der Waals surface area contributed by atoms with Crippen LogP contribution in [0.25, 0.3) is 0 Å². The van der Waals surface area contributed by atoms with Crippen LogP contribution in [-0.2, 0) is 11.3 Å². The monoisotopic (exact) mass is 363 g/mol. The highest BCUT2D eigenvalue weighted by Crippen LogP contribution is 2.19. The maximum absolute atomic E-state index is 12.3. The average molecular weight is 364 g/mol. The van der Waals surface area contributed by atoms with Gasteiger partial charge in [-0.15, -0.1) is 0 Å². The van der Waals surface area contributed by atoms with Gasteiger partial charge in [-0.1, -0.05) is 63.8 Å². The van der Waals surface area contributed by atoms with Gasteiger partial charge in [0.25, 0.3) is 0 Å². The number of rotatable bonds is 6. The van der Waals surface area contributed by atoms with E-state index in [1.807, 2.05) is 63.2 Å². The van der Waals surface area contributed by atoms with Crippen LogP contribution in [0, 0.1) is 17.3 Å². The van der Waals surface area contributed by atoms with E-state index in [9.17, 15) is 4.79 Å². The zero-order chi connectivity index (χ0) is 19.7. The minimum absolute atomic E-state index is 0.0339. The van der Waals surface area contributed by atoms with E-state index < -0.39 is 5.41 Å². The summed E-state index contributed by atoms with van der Waals surface area (Å²) in [4.78, 5) is 19.0. The van der Waals surface area contributed by atoms with Crippen molar-refractivity contribution in [3.63, 3.8) is 0 Å². The first-order valence-electron chi connectivity index (χ1n) is 9.41. The van der Waals surface area contributed by atoms with Crippen LogP contribution in [0.2, 0.25) is 0 Å². The number of hydrogen-bond acceptors (Lipinski definition) is 3. The number of hydrogen-bond donors (Lipinski definition) is 1. The van der Waals surface area contributed by atoms with Gasteiger partial charge in [0, 0.05) is 29.3 Å². The standard InChI is InChI=1S/C23H29N3O/c1-5-16-26(17-10-13-19-11-7-6-8-12-19)18-20-14-9-15-24-21(20)25-22(27)23(2,3)4/h6-9,11-12,14-15H,5,16-18H2,1-4H3,(H,24,25,27). The van der Waals surface area contributed by atoms with Gasteiger partial charge in [0.1, 0.15) is 5.82 Å². The van der Waals surface area contributed by atoms with Gasteiger partial charge in [0.2, 0.25) is 5.91 Å². The molecule has 0 aliphatic carbocycles. The van der Waals surface area contributed by atoms with Crippen molar-refractivity contribution >= 4 is 11.7 Å². The van der Waals surface area contributed by atoms with Crippen molar-refractivity contribution in [3.05, 3.63) is 59.8 Å². The highest BCUT2D eigenvalue weighted by Gasteiger charge is 2.22. The Kier molecular flexibility index (Phi) is 7.57. The molecule has 4 heteroatoms. The SMILES string of the molecule is CCCN(CC#Cc1ccccc1)Cc1cccnc1NC(=O)C(C)(C)C. The molecule has 0 spiro atoms. The number of amides is 1. The summed E-state index contributed by atoms with van der Waals surface area (Å²) in [5.74, 6) is 7.07. The molecule has 0 saturated heterocycles. The van der Waals surface area contributed by atoms with E-state index >= 15 is 0 Å². The molecule has 4 nitrogen and oxygen atoms in total. The summed E-state index contributed by atoms with van der Waals surface area (Å²) in [6.07, 6.45) is 2.75.